The number of hydrogen-bond acceptors (Lipinski definition) is 3. The Balaban J connectivity index is 1.64. The van der Waals surface area contributed by atoms with Crippen LogP contribution in [0, 0.1) is 17.1 Å². The van der Waals surface area contributed by atoms with Gasteiger partial charge in [-0.25, -0.2) is 4.39 Å². The van der Waals surface area contributed by atoms with Crippen LogP contribution in [0.5, 0.6) is 5.75 Å². The van der Waals surface area contributed by atoms with Gasteiger partial charge in [0.15, 0.2) is 0 Å². The highest BCUT2D eigenvalue weighted by atomic mass is 19.1. The molecule has 1 atom stereocenters. The lowest BCUT2D eigenvalue weighted by molar-refractivity contribution is 0.129. The average molecular weight is 274 g/mol. The van der Waals surface area contributed by atoms with Gasteiger partial charge in [0.25, 0.3) is 0 Å². The predicted molar refractivity (Wildman–Crippen MR) is 74.0 cm³/mol. The normalized spacial score (nSPS) is 21.8. The highest BCUT2D eigenvalue weighted by Crippen LogP contribution is 2.31. The first-order valence-electron chi connectivity index (χ1n) is 7.32. The van der Waals surface area contributed by atoms with Crippen LogP contribution < -0.4 is 4.74 Å². The van der Waals surface area contributed by atoms with Crippen LogP contribution in [0.2, 0.25) is 0 Å². The highest BCUT2D eigenvalue weighted by Gasteiger charge is 2.29. The monoisotopic (exact) mass is 274 g/mol. The summed E-state index contributed by atoms with van der Waals surface area (Å²) in [6.45, 7) is 1.21. The molecule has 1 unspecified atom stereocenters. The number of rotatable bonds is 4. The molecule has 1 heterocycles. The second kappa shape index (κ2) is 5.80. The molecule has 106 valence electrons. The number of ether oxygens (including phenoxy) is 1. The Bertz CT molecular complexity index is 520. The van der Waals surface area contributed by atoms with Gasteiger partial charge in [0.1, 0.15) is 17.7 Å². The fourth-order valence-electron chi connectivity index (χ4n) is 3.36. The Morgan fingerprint density at radius 3 is 2.90 bits per heavy atom. The van der Waals surface area contributed by atoms with Crippen molar-refractivity contribution in [2.24, 2.45) is 0 Å². The van der Waals surface area contributed by atoms with Crippen LogP contribution in [0.3, 0.4) is 0 Å². The van der Waals surface area contributed by atoms with Crippen molar-refractivity contribution in [1.29, 1.82) is 5.26 Å². The minimum Gasteiger partial charge on any atom is -0.488 e. The zero-order valence-corrected chi connectivity index (χ0v) is 11.5. The fraction of sp³-hybridized carbons (Fsp3) is 0.562. The Hall–Kier alpha value is -1.60. The molecule has 1 fully saturated rings. The van der Waals surface area contributed by atoms with Crippen molar-refractivity contribution in [1.82, 2.24) is 4.90 Å². The number of hydrogen-bond donors (Lipinski definition) is 0. The van der Waals surface area contributed by atoms with Gasteiger partial charge in [0.2, 0.25) is 0 Å². The fourth-order valence-corrected chi connectivity index (χ4v) is 3.36. The van der Waals surface area contributed by atoms with Crippen LogP contribution in [0.25, 0.3) is 0 Å². The molecular formula is C16H19FN2O. The average Bonchev–Trinajstić information content (AvgIpc) is 3.06. The molecule has 1 saturated carbocycles. The minimum atomic E-state index is -0.210. The standard InChI is InChI=1S/C16H19FN2O/c17-13-5-6-16-12(9-13)10-15(20-16)11-19(8-7-18)14-3-1-2-4-14/h5-6,9,14-15H,1-4,8,10-11H2. The van der Waals surface area contributed by atoms with Crippen molar-refractivity contribution in [2.45, 2.75) is 44.2 Å². The summed E-state index contributed by atoms with van der Waals surface area (Å²) >= 11 is 0. The topological polar surface area (TPSA) is 36.3 Å². The Kier molecular flexibility index (Phi) is 3.88. The maximum Gasteiger partial charge on any atom is 0.123 e. The molecule has 0 saturated heterocycles. The van der Waals surface area contributed by atoms with Crippen molar-refractivity contribution in [3.05, 3.63) is 29.6 Å². The molecule has 1 aliphatic carbocycles. The summed E-state index contributed by atoms with van der Waals surface area (Å²) in [4.78, 5) is 2.24. The second-order valence-corrected chi connectivity index (χ2v) is 5.72. The van der Waals surface area contributed by atoms with E-state index in [1.165, 1.54) is 31.7 Å². The third kappa shape index (κ3) is 2.78. The molecule has 0 N–H and O–H groups in total. The number of fused-ring (bicyclic) bond motifs is 1. The molecule has 1 aromatic carbocycles. The van der Waals surface area contributed by atoms with E-state index in [-0.39, 0.29) is 11.9 Å². The molecule has 0 radical (unpaired) electrons. The summed E-state index contributed by atoms with van der Waals surface area (Å²) in [5, 5.41) is 9.00. The van der Waals surface area contributed by atoms with Gasteiger partial charge in [-0.3, -0.25) is 4.90 Å². The highest BCUT2D eigenvalue weighted by molar-refractivity contribution is 5.37. The Morgan fingerprint density at radius 2 is 2.15 bits per heavy atom. The molecule has 0 spiro atoms. The van der Waals surface area contributed by atoms with Gasteiger partial charge >= 0.3 is 0 Å². The smallest absolute Gasteiger partial charge is 0.123 e. The predicted octanol–water partition coefficient (Wildman–Crippen LogP) is 2.90. The van der Waals surface area contributed by atoms with E-state index < -0.39 is 0 Å². The Labute approximate surface area is 119 Å². The van der Waals surface area contributed by atoms with Crippen LogP contribution in [0.1, 0.15) is 31.2 Å². The van der Waals surface area contributed by atoms with Crippen molar-refractivity contribution in [3.63, 3.8) is 0 Å². The molecule has 0 bridgehead atoms. The van der Waals surface area contributed by atoms with Crippen molar-refractivity contribution in [2.75, 3.05) is 13.1 Å². The first kappa shape index (κ1) is 13.4. The van der Waals surface area contributed by atoms with Crippen molar-refractivity contribution in [3.8, 4) is 11.8 Å². The van der Waals surface area contributed by atoms with Gasteiger partial charge in [-0.2, -0.15) is 5.26 Å². The molecule has 2 aliphatic rings. The van der Waals surface area contributed by atoms with Gasteiger partial charge in [-0.1, -0.05) is 12.8 Å². The van der Waals surface area contributed by atoms with Gasteiger partial charge in [-0.05, 0) is 31.0 Å². The number of halogens is 1. The molecule has 0 aromatic heterocycles. The van der Waals surface area contributed by atoms with E-state index in [4.69, 9.17) is 10.00 Å². The second-order valence-electron chi connectivity index (χ2n) is 5.72. The first-order valence-corrected chi connectivity index (χ1v) is 7.32. The van der Waals surface area contributed by atoms with Crippen molar-refractivity contribution >= 4 is 0 Å². The zero-order valence-electron chi connectivity index (χ0n) is 11.5. The lowest BCUT2D eigenvalue weighted by Gasteiger charge is -2.28. The molecule has 20 heavy (non-hydrogen) atoms. The molecular weight excluding hydrogens is 255 g/mol. The van der Waals surface area contributed by atoms with Gasteiger partial charge in [0, 0.05) is 24.6 Å². The Morgan fingerprint density at radius 1 is 1.35 bits per heavy atom. The van der Waals surface area contributed by atoms with E-state index >= 15 is 0 Å². The molecule has 4 heteroatoms. The minimum absolute atomic E-state index is 0.0424. The van der Waals surface area contributed by atoms with Crippen LogP contribution >= 0.6 is 0 Å². The molecule has 1 aliphatic heterocycles. The SMILES string of the molecule is N#CCN(CC1Cc2cc(F)ccc2O1)C1CCCC1. The number of nitrogens with zero attached hydrogens (tertiary/aromatic N) is 2. The van der Waals surface area contributed by atoms with Gasteiger partial charge in [0.05, 0.1) is 12.6 Å². The van der Waals surface area contributed by atoms with E-state index in [1.54, 1.807) is 12.1 Å². The van der Waals surface area contributed by atoms with E-state index in [9.17, 15) is 4.39 Å². The van der Waals surface area contributed by atoms with E-state index in [0.29, 0.717) is 12.6 Å². The molecule has 0 amide bonds. The molecule has 3 nitrogen and oxygen atoms in total. The summed E-state index contributed by atoms with van der Waals surface area (Å²) in [5.41, 5.74) is 0.943. The molecule has 3 rings (SSSR count). The summed E-state index contributed by atoms with van der Waals surface area (Å²) in [6, 6.07) is 7.47. The van der Waals surface area contributed by atoms with Gasteiger partial charge in [-0.15, -0.1) is 0 Å². The lowest BCUT2D eigenvalue weighted by Crippen LogP contribution is -2.41. The quantitative estimate of drug-likeness (QED) is 0.792. The van der Waals surface area contributed by atoms with Crippen molar-refractivity contribution < 1.29 is 9.13 Å². The van der Waals surface area contributed by atoms with Crippen LogP contribution in [-0.4, -0.2) is 30.1 Å². The summed E-state index contributed by atoms with van der Waals surface area (Å²) in [6.07, 6.45) is 5.64. The van der Waals surface area contributed by atoms with Crippen LogP contribution in [-0.2, 0) is 6.42 Å². The van der Waals surface area contributed by atoms with Crippen LogP contribution in [0.4, 0.5) is 4.39 Å². The summed E-state index contributed by atoms with van der Waals surface area (Å²) < 4.78 is 19.1. The lowest BCUT2D eigenvalue weighted by atomic mass is 10.1. The van der Waals surface area contributed by atoms with E-state index in [1.807, 2.05) is 0 Å². The maximum atomic E-state index is 13.2. The first-order chi connectivity index (χ1) is 9.76. The largest absolute Gasteiger partial charge is 0.488 e. The zero-order chi connectivity index (χ0) is 13.9. The maximum absolute atomic E-state index is 13.2. The van der Waals surface area contributed by atoms with E-state index in [0.717, 1.165) is 24.3 Å². The summed E-state index contributed by atoms with van der Waals surface area (Å²) in [5.74, 6) is 0.581. The number of benzene rings is 1. The third-order valence-corrected chi connectivity index (χ3v) is 4.32. The van der Waals surface area contributed by atoms with Crippen LogP contribution in [0.15, 0.2) is 18.2 Å². The molecule has 1 aromatic rings. The number of nitriles is 1. The van der Waals surface area contributed by atoms with E-state index in [2.05, 4.69) is 11.0 Å². The van der Waals surface area contributed by atoms with Gasteiger partial charge < -0.3 is 4.74 Å². The third-order valence-electron chi connectivity index (χ3n) is 4.32. The summed E-state index contributed by atoms with van der Waals surface area (Å²) in [7, 11) is 0.